The lowest BCUT2D eigenvalue weighted by molar-refractivity contribution is 0.585. The molecule has 5 unspecified atom stereocenters. The zero-order valence-corrected chi connectivity index (χ0v) is 46.3. The number of hydrogen-bond donors (Lipinski definition) is 0. The lowest BCUT2D eigenvalue weighted by Crippen LogP contribution is -2.54. The lowest BCUT2D eigenvalue weighted by Gasteiger charge is -2.51. The van der Waals surface area contributed by atoms with Crippen molar-refractivity contribution in [2.75, 3.05) is 19.6 Å². The number of nitrogens with zero attached hydrogens (tertiary/aromatic N) is 4. The first-order chi connectivity index (χ1) is 40.6. The Hall–Kier alpha value is -9.38. The summed E-state index contributed by atoms with van der Waals surface area (Å²) in [7, 11) is 0. The highest BCUT2D eigenvalue weighted by atomic mass is 15.3. The molecule has 0 amide bonds. The van der Waals surface area contributed by atoms with E-state index in [1.54, 1.807) is 0 Å². The molecule has 0 radical (unpaired) electrons. The van der Waals surface area contributed by atoms with Crippen molar-refractivity contribution in [2.24, 2.45) is 11.8 Å². The molecule has 2 heterocycles. The van der Waals surface area contributed by atoms with Crippen LogP contribution in [0.2, 0.25) is 0 Å². The highest BCUT2D eigenvalue weighted by Crippen LogP contribution is 2.56. The van der Waals surface area contributed by atoms with Crippen LogP contribution in [-0.2, 0) is 0 Å². The molecule has 7 aromatic carbocycles. The maximum Gasteiger partial charge on any atom is 0.0766 e. The Labute approximate surface area is 482 Å². The molecule has 4 nitrogen and oxygen atoms in total. The van der Waals surface area contributed by atoms with Crippen molar-refractivity contribution in [3.8, 4) is 11.1 Å². The van der Waals surface area contributed by atoms with E-state index in [9.17, 15) is 0 Å². The topological polar surface area (TPSA) is 13.0 Å². The minimum atomic E-state index is 0.216. The van der Waals surface area contributed by atoms with Gasteiger partial charge in [0.15, 0.2) is 0 Å². The van der Waals surface area contributed by atoms with E-state index in [1.807, 2.05) is 0 Å². The van der Waals surface area contributed by atoms with Crippen LogP contribution in [0.1, 0.15) is 68.1 Å². The Balaban J connectivity index is 0.681. The summed E-state index contributed by atoms with van der Waals surface area (Å²) in [5, 5.41) is 2.79. The zero-order valence-electron chi connectivity index (χ0n) is 46.3. The van der Waals surface area contributed by atoms with Crippen LogP contribution in [-0.4, -0.2) is 12.1 Å². The minimum absolute atomic E-state index is 0.216. The number of hydrogen-bond acceptors (Lipinski definition) is 4. The van der Waals surface area contributed by atoms with Gasteiger partial charge in [0.1, 0.15) is 0 Å². The van der Waals surface area contributed by atoms with Gasteiger partial charge in [0.25, 0.3) is 0 Å². The molecule has 0 bridgehead atoms. The molecule has 7 aliphatic carbocycles. The van der Waals surface area contributed by atoms with Crippen molar-refractivity contribution in [2.45, 2.75) is 63.5 Å². The van der Waals surface area contributed by atoms with Gasteiger partial charge in [-0.25, -0.2) is 0 Å². The van der Waals surface area contributed by atoms with Crippen molar-refractivity contribution in [3.63, 3.8) is 0 Å². The summed E-state index contributed by atoms with van der Waals surface area (Å²) in [5.41, 5.74) is 26.4. The highest BCUT2D eigenvalue weighted by molar-refractivity contribution is 6.02. The monoisotopic (exact) mass is 1060 g/mol. The van der Waals surface area contributed by atoms with Crippen LogP contribution in [0, 0.1) is 11.8 Å². The molecule has 0 aromatic heterocycles. The Bertz CT molecular complexity index is 4250. The Kier molecular flexibility index (Phi) is 11.8. The van der Waals surface area contributed by atoms with E-state index < -0.39 is 0 Å². The van der Waals surface area contributed by atoms with Crippen molar-refractivity contribution in [1.29, 1.82) is 0 Å². The van der Waals surface area contributed by atoms with Crippen LogP contribution in [0.3, 0.4) is 0 Å². The van der Waals surface area contributed by atoms with Crippen LogP contribution in [0.15, 0.2) is 289 Å². The standard InChI is InChI=1S/C78H64N4/c1-52-67-50-54(40-48-61(67)62-49-47-60(51-68(52)62)82-75-34-18-16-32-73(75)80(58-22-6-3-7-23-58)74-33-17-19-35-76(74)82)37-36-53-38-41-55(42-39-53)77-63-24-8-10-26-65(63)78(66-27-11-9-25-64(66)77)56-43-45-59(46-44-56)81-71-30-14-12-28-69(71)79(57-20-4-2-5-21-57)70-29-13-15-31-72(70)81/h2-4,6-20,22-38,40-41,43,45,47-52,63,65,69,71H,5,21,39,42,44,46H2,1H3/b37-36+. The third kappa shape index (κ3) is 7.94. The number of allylic oxidation sites excluding steroid dienone is 19. The van der Waals surface area contributed by atoms with Gasteiger partial charge in [-0.3, -0.25) is 0 Å². The van der Waals surface area contributed by atoms with Crippen molar-refractivity contribution >= 4 is 62.7 Å². The van der Waals surface area contributed by atoms with Gasteiger partial charge < -0.3 is 19.6 Å². The van der Waals surface area contributed by atoms with E-state index in [4.69, 9.17) is 0 Å². The number of anilines is 8. The molecule has 16 rings (SSSR count). The summed E-state index contributed by atoms with van der Waals surface area (Å²) in [6.07, 6.45) is 46.4. The van der Waals surface area contributed by atoms with Gasteiger partial charge in [0.2, 0.25) is 0 Å². The number of benzene rings is 7. The van der Waals surface area contributed by atoms with E-state index in [2.05, 4.69) is 294 Å². The second-order valence-electron chi connectivity index (χ2n) is 23.2. The lowest BCUT2D eigenvalue weighted by atomic mass is 9.68. The Morgan fingerprint density at radius 1 is 0.402 bits per heavy atom. The van der Waals surface area contributed by atoms with Gasteiger partial charge in [-0.1, -0.05) is 201 Å². The number of rotatable bonds is 8. The molecule has 0 saturated carbocycles. The molecule has 5 atom stereocenters. The molecule has 396 valence electrons. The summed E-state index contributed by atoms with van der Waals surface area (Å²) in [5.74, 6) is 0.834. The molecule has 2 aliphatic heterocycles. The van der Waals surface area contributed by atoms with Crippen LogP contribution in [0.25, 0.3) is 28.3 Å². The maximum absolute atomic E-state index is 2.65. The Morgan fingerprint density at radius 3 is 1.50 bits per heavy atom. The van der Waals surface area contributed by atoms with Gasteiger partial charge in [-0.15, -0.1) is 0 Å². The summed E-state index contributed by atoms with van der Waals surface area (Å²) in [6, 6.07) is 61.4. The predicted octanol–water partition coefficient (Wildman–Crippen LogP) is 18.1. The fourth-order valence-electron chi connectivity index (χ4n) is 15.1. The van der Waals surface area contributed by atoms with E-state index in [1.165, 1.54) is 117 Å². The third-order valence-corrected chi connectivity index (χ3v) is 18.8. The van der Waals surface area contributed by atoms with E-state index in [0.29, 0.717) is 0 Å². The third-order valence-electron chi connectivity index (χ3n) is 18.8. The maximum atomic E-state index is 2.65. The average Bonchev–Trinajstić information content (AvgIpc) is 3.88. The largest absolute Gasteiger partial charge is 0.334 e. The molecule has 0 fully saturated rings. The molecule has 7 aromatic rings. The molecular weight excluding hydrogens is 993 g/mol. The van der Waals surface area contributed by atoms with Crippen molar-refractivity contribution in [1.82, 2.24) is 0 Å². The van der Waals surface area contributed by atoms with Gasteiger partial charge in [-0.2, -0.15) is 0 Å². The van der Waals surface area contributed by atoms with Gasteiger partial charge >= 0.3 is 0 Å². The van der Waals surface area contributed by atoms with Crippen LogP contribution < -0.4 is 30.0 Å². The van der Waals surface area contributed by atoms with Crippen LogP contribution in [0.4, 0.5) is 45.5 Å². The van der Waals surface area contributed by atoms with Gasteiger partial charge in [0, 0.05) is 40.5 Å². The van der Waals surface area contributed by atoms with Crippen LogP contribution >= 0.6 is 0 Å². The molecule has 9 aliphatic rings. The molecular formula is C78H64N4. The SMILES string of the molecule is CC1c2cc(/C=C/C3=CC=C(C4=c5ccccc5=C(C5=CC=C(N6c7ccccc7N(C7=CC=CCC7)C7C=CC=CC76)CC5)C5C=CC=CC45)CC3)ccc2-c2ccc(N3c4ccccc4N(c4ccccc4)c4ccccc43)cc21. The average molecular weight is 1060 g/mol. The smallest absolute Gasteiger partial charge is 0.0766 e. The first kappa shape index (κ1) is 48.5. The minimum Gasteiger partial charge on any atom is -0.334 e. The van der Waals surface area contributed by atoms with E-state index in [0.717, 1.165) is 44.2 Å². The number of para-hydroxylation sites is 7. The fraction of sp³-hybridized carbons (Fsp3) is 0.154. The first-order valence-corrected chi connectivity index (χ1v) is 29.8. The van der Waals surface area contributed by atoms with Gasteiger partial charge in [-0.05, 0) is 177 Å². The van der Waals surface area contributed by atoms with E-state index in [-0.39, 0.29) is 29.8 Å². The summed E-state index contributed by atoms with van der Waals surface area (Å²) in [4.78, 5) is 10.1. The van der Waals surface area contributed by atoms with Crippen molar-refractivity contribution < 1.29 is 0 Å². The molecule has 0 spiro atoms. The first-order valence-electron chi connectivity index (χ1n) is 29.8. The normalized spacial score (nSPS) is 22.5. The molecule has 0 N–H and O–H groups in total. The van der Waals surface area contributed by atoms with Crippen molar-refractivity contribution in [3.05, 3.63) is 316 Å². The zero-order chi connectivity index (χ0) is 54.3. The second kappa shape index (κ2) is 20.0. The summed E-state index contributed by atoms with van der Waals surface area (Å²) in [6.45, 7) is 2.38. The fourth-order valence-corrected chi connectivity index (χ4v) is 15.1. The van der Waals surface area contributed by atoms with Crippen LogP contribution in [0.5, 0.6) is 0 Å². The quantitative estimate of drug-likeness (QED) is 0.150. The summed E-state index contributed by atoms with van der Waals surface area (Å²) < 4.78 is 0. The predicted molar refractivity (Wildman–Crippen MR) is 344 cm³/mol. The molecule has 4 heteroatoms. The van der Waals surface area contributed by atoms with E-state index >= 15 is 0 Å². The Morgan fingerprint density at radius 2 is 0.927 bits per heavy atom. The highest BCUT2D eigenvalue weighted by Gasteiger charge is 2.41. The molecule has 0 saturated heterocycles. The number of fused-ring (bicyclic) bond motifs is 9. The summed E-state index contributed by atoms with van der Waals surface area (Å²) >= 11 is 0. The second-order valence-corrected chi connectivity index (χ2v) is 23.2. The molecule has 82 heavy (non-hydrogen) atoms. The van der Waals surface area contributed by atoms with Gasteiger partial charge in [0.05, 0.1) is 46.2 Å².